The van der Waals surface area contributed by atoms with Crippen molar-refractivity contribution in [1.82, 2.24) is 4.90 Å². The fraction of sp³-hybridized carbons (Fsp3) is 0.267. The van der Waals surface area contributed by atoms with E-state index in [1.807, 2.05) is 49.3 Å². The minimum Gasteiger partial charge on any atom is -0.377 e. The summed E-state index contributed by atoms with van der Waals surface area (Å²) in [5.41, 5.74) is 1.72. The van der Waals surface area contributed by atoms with E-state index in [-0.39, 0.29) is 5.91 Å². The minimum atomic E-state index is 0.0375. The summed E-state index contributed by atoms with van der Waals surface area (Å²) in [6.45, 7) is 0. The van der Waals surface area contributed by atoms with E-state index in [1.165, 1.54) is 0 Å². The molecule has 0 saturated heterocycles. The zero-order valence-electron chi connectivity index (χ0n) is 11.3. The Balaban J connectivity index is 2.78. The van der Waals surface area contributed by atoms with Crippen molar-refractivity contribution in [2.75, 3.05) is 33.1 Å². The average molecular weight is 242 g/mol. The van der Waals surface area contributed by atoms with Crippen molar-refractivity contribution in [3.05, 3.63) is 42.0 Å². The number of amides is 1. The van der Waals surface area contributed by atoms with E-state index in [4.69, 9.17) is 0 Å². The fourth-order valence-electron chi connectivity index (χ4n) is 2.08. The van der Waals surface area contributed by atoms with E-state index in [0.717, 1.165) is 22.0 Å². The highest BCUT2D eigenvalue weighted by molar-refractivity contribution is 6.11. The number of hydrogen-bond acceptors (Lipinski definition) is 2. The topological polar surface area (TPSA) is 23.6 Å². The Labute approximate surface area is 108 Å². The summed E-state index contributed by atoms with van der Waals surface area (Å²) in [6, 6.07) is 12.0. The fourth-order valence-corrected chi connectivity index (χ4v) is 2.08. The highest BCUT2D eigenvalue weighted by atomic mass is 16.2. The first-order valence-corrected chi connectivity index (χ1v) is 5.93. The molecule has 0 atom stereocenters. The van der Waals surface area contributed by atoms with Crippen LogP contribution in [0.3, 0.4) is 0 Å². The smallest absolute Gasteiger partial charge is 0.256 e. The minimum absolute atomic E-state index is 0.0375. The molecule has 0 heterocycles. The lowest BCUT2D eigenvalue weighted by atomic mass is 10.0. The Bertz CT molecular complexity index is 588. The van der Waals surface area contributed by atoms with E-state index < -0.39 is 0 Å². The van der Waals surface area contributed by atoms with E-state index in [9.17, 15) is 4.79 Å². The van der Waals surface area contributed by atoms with Crippen molar-refractivity contribution in [2.24, 2.45) is 0 Å². The van der Waals surface area contributed by atoms with E-state index >= 15 is 0 Å². The third-order valence-corrected chi connectivity index (χ3v) is 3.01. The van der Waals surface area contributed by atoms with E-state index in [0.29, 0.717) is 0 Å². The van der Waals surface area contributed by atoms with Crippen molar-refractivity contribution in [2.45, 2.75) is 0 Å². The molecule has 0 fully saturated rings. The van der Waals surface area contributed by atoms with Crippen LogP contribution in [-0.2, 0) is 0 Å². The maximum atomic E-state index is 12.4. The van der Waals surface area contributed by atoms with Crippen LogP contribution in [0.1, 0.15) is 10.4 Å². The van der Waals surface area contributed by atoms with Crippen molar-refractivity contribution in [3.8, 4) is 0 Å². The number of fused-ring (bicyclic) bond motifs is 1. The van der Waals surface area contributed by atoms with Gasteiger partial charge in [0.05, 0.1) is 5.56 Å². The van der Waals surface area contributed by atoms with Crippen LogP contribution in [0.25, 0.3) is 10.8 Å². The molecule has 0 bridgehead atoms. The Morgan fingerprint density at radius 1 is 0.944 bits per heavy atom. The lowest BCUT2D eigenvalue weighted by molar-refractivity contribution is 0.0830. The first kappa shape index (κ1) is 12.4. The van der Waals surface area contributed by atoms with Gasteiger partial charge in [-0.25, -0.2) is 0 Å². The summed E-state index contributed by atoms with van der Waals surface area (Å²) in [6.07, 6.45) is 0. The van der Waals surface area contributed by atoms with Crippen LogP contribution in [0.4, 0.5) is 5.69 Å². The van der Waals surface area contributed by atoms with E-state index in [2.05, 4.69) is 6.07 Å². The van der Waals surface area contributed by atoms with Crippen LogP contribution >= 0.6 is 0 Å². The molecule has 94 valence electrons. The summed E-state index contributed by atoms with van der Waals surface area (Å²) in [5, 5.41) is 2.09. The van der Waals surface area contributed by atoms with Crippen LogP contribution in [0.5, 0.6) is 0 Å². The molecule has 0 N–H and O–H groups in total. The lowest BCUT2D eigenvalue weighted by Gasteiger charge is -2.21. The van der Waals surface area contributed by atoms with Crippen molar-refractivity contribution >= 4 is 22.4 Å². The summed E-state index contributed by atoms with van der Waals surface area (Å²) < 4.78 is 0. The third-order valence-electron chi connectivity index (χ3n) is 3.01. The summed E-state index contributed by atoms with van der Waals surface area (Å²) in [7, 11) is 7.47. The predicted octanol–water partition coefficient (Wildman–Crippen LogP) is 2.61. The molecule has 0 radical (unpaired) electrons. The Morgan fingerprint density at radius 3 is 2.22 bits per heavy atom. The quantitative estimate of drug-likeness (QED) is 0.808. The molecule has 0 aliphatic heterocycles. The number of carbonyl (C=O) groups excluding carboxylic acids is 1. The molecule has 0 aliphatic rings. The Morgan fingerprint density at radius 2 is 1.61 bits per heavy atom. The van der Waals surface area contributed by atoms with Gasteiger partial charge in [0.25, 0.3) is 5.91 Å². The highest BCUT2D eigenvalue weighted by Gasteiger charge is 2.17. The zero-order chi connectivity index (χ0) is 13.3. The molecule has 0 saturated carbocycles. The van der Waals surface area contributed by atoms with Gasteiger partial charge in [0, 0.05) is 33.9 Å². The monoisotopic (exact) mass is 242 g/mol. The van der Waals surface area contributed by atoms with Crippen LogP contribution < -0.4 is 4.90 Å². The second-order valence-corrected chi connectivity index (χ2v) is 4.77. The Kier molecular flexibility index (Phi) is 3.24. The maximum absolute atomic E-state index is 12.4. The van der Waals surface area contributed by atoms with Crippen LogP contribution in [-0.4, -0.2) is 39.0 Å². The standard InChI is InChI=1S/C15H18N2O/c1-16(2)13-10-9-11-7-5-6-8-12(11)14(13)15(18)17(3)4/h5-10H,1-4H3. The zero-order valence-corrected chi connectivity index (χ0v) is 11.3. The molecular formula is C15H18N2O. The molecule has 1 amide bonds. The lowest BCUT2D eigenvalue weighted by Crippen LogP contribution is -2.25. The van der Waals surface area contributed by atoms with Gasteiger partial charge in [-0.15, -0.1) is 0 Å². The summed E-state index contributed by atoms with van der Waals surface area (Å²) >= 11 is 0. The second-order valence-electron chi connectivity index (χ2n) is 4.77. The van der Waals surface area contributed by atoms with Gasteiger partial charge in [0.2, 0.25) is 0 Å². The number of hydrogen-bond donors (Lipinski definition) is 0. The van der Waals surface area contributed by atoms with Gasteiger partial charge < -0.3 is 9.80 Å². The van der Waals surface area contributed by atoms with Gasteiger partial charge in [-0.05, 0) is 16.8 Å². The number of anilines is 1. The van der Waals surface area contributed by atoms with Crippen LogP contribution in [0.15, 0.2) is 36.4 Å². The second kappa shape index (κ2) is 4.69. The largest absolute Gasteiger partial charge is 0.377 e. The number of nitrogens with zero attached hydrogens (tertiary/aromatic N) is 2. The van der Waals surface area contributed by atoms with Gasteiger partial charge >= 0.3 is 0 Å². The SMILES string of the molecule is CN(C)C(=O)c1c(N(C)C)ccc2ccccc12. The van der Waals surface area contributed by atoms with E-state index in [1.54, 1.807) is 19.0 Å². The molecule has 18 heavy (non-hydrogen) atoms. The number of rotatable bonds is 2. The summed E-state index contributed by atoms with van der Waals surface area (Å²) in [5.74, 6) is 0.0375. The van der Waals surface area contributed by atoms with Crippen LogP contribution in [0.2, 0.25) is 0 Å². The van der Waals surface area contributed by atoms with Gasteiger partial charge in [-0.1, -0.05) is 30.3 Å². The molecule has 0 spiro atoms. The van der Waals surface area contributed by atoms with Crippen molar-refractivity contribution < 1.29 is 4.79 Å². The maximum Gasteiger partial charge on any atom is 0.256 e. The summed E-state index contributed by atoms with van der Waals surface area (Å²) in [4.78, 5) is 16.0. The number of benzene rings is 2. The molecule has 2 aromatic rings. The third kappa shape index (κ3) is 2.04. The first-order chi connectivity index (χ1) is 8.52. The molecule has 0 unspecified atom stereocenters. The van der Waals surface area contributed by atoms with Gasteiger partial charge in [-0.2, -0.15) is 0 Å². The first-order valence-electron chi connectivity index (χ1n) is 5.93. The molecule has 2 rings (SSSR count). The predicted molar refractivity (Wildman–Crippen MR) is 76.3 cm³/mol. The van der Waals surface area contributed by atoms with Gasteiger partial charge in [-0.3, -0.25) is 4.79 Å². The van der Waals surface area contributed by atoms with Gasteiger partial charge in [0.1, 0.15) is 0 Å². The molecular weight excluding hydrogens is 224 g/mol. The average Bonchev–Trinajstić information content (AvgIpc) is 2.36. The number of carbonyl (C=O) groups is 1. The molecule has 3 nitrogen and oxygen atoms in total. The van der Waals surface area contributed by atoms with Crippen molar-refractivity contribution in [3.63, 3.8) is 0 Å². The Hall–Kier alpha value is -2.03. The highest BCUT2D eigenvalue weighted by Crippen LogP contribution is 2.28. The van der Waals surface area contributed by atoms with Crippen molar-refractivity contribution in [1.29, 1.82) is 0 Å². The normalized spacial score (nSPS) is 10.4. The molecule has 0 aromatic heterocycles. The molecule has 3 heteroatoms. The molecule has 2 aromatic carbocycles. The molecule has 0 aliphatic carbocycles. The van der Waals surface area contributed by atoms with Gasteiger partial charge in [0.15, 0.2) is 0 Å². The van der Waals surface area contributed by atoms with Crippen LogP contribution in [0, 0.1) is 0 Å².